The zero-order chi connectivity index (χ0) is 9.80. The van der Waals surface area contributed by atoms with Crippen LogP contribution in [0.15, 0.2) is 17.4 Å². The van der Waals surface area contributed by atoms with Gasteiger partial charge in [0, 0.05) is 25.4 Å². The molecular weight excluding hydrogens is 184 g/mol. The molecule has 0 N–H and O–H groups in total. The summed E-state index contributed by atoms with van der Waals surface area (Å²) in [5.41, 5.74) is 0. The number of anilines is 1. The Morgan fingerprint density at radius 3 is 2.93 bits per heavy atom. The molecule has 0 aromatic carbocycles. The second kappa shape index (κ2) is 4.10. The summed E-state index contributed by atoms with van der Waals surface area (Å²) in [7, 11) is 0. The van der Waals surface area contributed by atoms with Crippen LogP contribution in [0.3, 0.4) is 0 Å². The van der Waals surface area contributed by atoms with Gasteiger partial charge in [-0.05, 0) is 5.18 Å². The number of ether oxygens (including phenoxy) is 1. The molecule has 1 saturated heterocycles. The van der Waals surface area contributed by atoms with E-state index in [2.05, 4.69) is 15.1 Å². The van der Waals surface area contributed by atoms with Crippen molar-refractivity contribution in [2.75, 3.05) is 31.2 Å². The summed E-state index contributed by atoms with van der Waals surface area (Å²) in [4.78, 5) is 20.3. The van der Waals surface area contributed by atoms with Gasteiger partial charge in [0.05, 0.1) is 13.2 Å². The molecule has 2 rings (SSSR count). The van der Waals surface area contributed by atoms with Crippen molar-refractivity contribution in [3.8, 4) is 0 Å². The number of hydrogen-bond donors (Lipinski definition) is 0. The first-order valence-corrected chi connectivity index (χ1v) is 4.39. The minimum atomic E-state index is 0.168. The summed E-state index contributed by atoms with van der Waals surface area (Å²) >= 11 is 0. The van der Waals surface area contributed by atoms with E-state index >= 15 is 0 Å². The molecular formula is C8H10N4O2. The van der Waals surface area contributed by atoms with Gasteiger partial charge in [0.25, 0.3) is 0 Å². The van der Waals surface area contributed by atoms with Crippen LogP contribution >= 0.6 is 0 Å². The van der Waals surface area contributed by atoms with Crippen molar-refractivity contribution in [1.29, 1.82) is 0 Å². The van der Waals surface area contributed by atoms with E-state index in [0.29, 0.717) is 19.2 Å². The van der Waals surface area contributed by atoms with Crippen LogP contribution in [0.25, 0.3) is 0 Å². The summed E-state index contributed by atoms with van der Waals surface area (Å²) in [6.07, 6.45) is 1.54. The van der Waals surface area contributed by atoms with E-state index in [1.54, 1.807) is 0 Å². The predicted octanol–water partition coefficient (Wildman–Crippen LogP) is 0.711. The van der Waals surface area contributed by atoms with Crippen molar-refractivity contribution in [3.63, 3.8) is 0 Å². The molecule has 0 aliphatic carbocycles. The van der Waals surface area contributed by atoms with E-state index in [4.69, 9.17) is 4.74 Å². The number of nitrogens with zero attached hydrogens (tertiary/aromatic N) is 4. The third kappa shape index (κ3) is 1.85. The first-order chi connectivity index (χ1) is 6.90. The maximum Gasteiger partial charge on any atom is 0.227 e. The minimum absolute atomic E-state index is 0.168. The van der Waals surface area contributed by atoms with Crippen molar-refractivity contribution in [2.45, 2.75) is 0 Å². The van der Waals surface area contributed by atoms with Crippen molar-refractivity contribution >= 4 is 11.8 Å². The number of aromatic nitrogens is 2. The lowest BCUT2D eigenvalue weighted by atomic mass is 10.4. The lowest BCUT2D eigenvalue weighted by Gasteiger charge is -2.26. The number of rotatable bonds is 2. The average molecular weight is 194 g/mol. The molecule has 14 heavy (non-hydrogen) atoms. The molecule has 0 atom stereocenters. The fraction of sp³-hybridized carbons (Fsp3) is 0.500. The molecule has 2 heterocycles. The Hall–Kier alpha value is -1.56. The van der Waals surface area contributed by atoms with Gasteiger partial charge in [-0.15, -0.1) is 4.91 Å². The zero-order valence-corrected chi connectivity index (χ0v) is 7.59. The Labute approximate surface area is 80.9 Å². The standard InChI is InChI=1S/C8H10N4O2/c13-11-7-1-2-9-8(10-7)12-3-5-14-6-4-12/h1-2H,3-6H2. The highest BCUT2D eigenvalue weighted by Crippen LogP contribution is 2.13. The summed E-state index contributed by atoms with van der Waals surface area (Å²) in [5.74, 6) is 0.715. The van der Waals surface area contributed by atoms with Crippen LogP contribution in [0.1, 0.15) is 0 Å². The molecule has 0 saturated carbocycles. The normalized spacial score (nSPS) is 16.7. The van der Waals surface area contributed by atoms with E-state index < -0.39 is 0 Å². The average Bonchev–Trinajstić information content (AvgIpc) is 2.30. The fourth-order valence-electron chi connectivity index (χ4n) is 1.31. The van der Waals surface area contributed by atoms with Crippen LogP contribution in [0.5, 0.6) is 0 Å². The maximum atomic E-state index is 10.3. The minimum Gasteiger partial charge on any atom is -0.378 e. The largest absolute Gasteiger partial charge is 0.378 e. The first kappa shape index (κ1) is 9.01. The van der Waals surface area contributed by atoms with Crippen LogP contribution in [0.2, 0.25) is 0 Å². The van der Waals surface area contributed by atoms with Gasteiger partial charge in [0.15, 0.2) is 0 Å². The van der Waals surface area contributed by atoms with Crippen molar-refractivity contribution < 1.29 is 4.74 Å². The Morgan fingerprint density at radius 2 is 2.21 bits per heavy atom. The third-order valence-corrected chi connectivity index (χ3v) is 2.02. The summed E-state index contributed by atoms with van der Waals surface area (Å²) < 4.78 is 5.20. The van der Waals surface area contributed by atoms with Gasteiger partial charge in [-0.2, -0.15) is 4.98 Å². The SMILES string of the molecule is O=Nc1ccnc(N2CCOCC2)n1. The fourth-order valence-corrected chi connectivity index (χ4v) is 1.31. The molecule has 0 radical (unpaired) electrons. The lowest BCUT2D eigenvalue weighted by molar-refractivity contribution is 0.122. The molecule has 1 aromatic heterocycles. The molecule has 0 spiro atoms. The summed E-state index contributed by atoms with van der Waals surface area (Å²) in [5, 5.41) is 2.77. The van der Waals surface area contributed by atoms with Crippen LogP contribution < -0.4 is 4.90 Å². The number of morpholine rings is 1. The second-order valence-corrected chi connectivity index (χ2v) is 2.91. The smallest absolute Gasteiger partial charge is 0.227 e. The van der Waals surface area contributed by atoms with Crippen molar-refractivity contribution in [1.82, 2.24) is 9.97 Å². The third-order valence-electron chi connectivity index (χ3n) is 2.02. The Balaban J connectivity index is 2.17. The predicted molar refractivity (Wildman–Crippen MR) is 50.5 cm³/mol. The van der Waals surface area contributed by atoms with Gasteiger partial charge in [0.1, 0.15) is 0 Å². The molecule has 0 amide bonds. The molecule has 0 bridgehead atoms. The number of nitroso groups, excluding NO2 is 1. The molecule has 1 aromatic rings. The zero-order valence-electron chi connectivity index (χ0n) is 7.59. The molecule has 1 fully saturated rings. The van der Waals surface area contributed by atoms with E-state index in [9.17, 15) is 4.91 Å². The molecule has 1 aliphatic rings. The lowest BCUT2D eigenvalue weighted by Crippen LogP contribution is -2.37. The van der Waals surface area contributed by atoms with E-state index in [-0.39, 0.29) is 5.82 Å². The first-order valence-electron chi connectivity index (χ1n) is 4.39. The van der Waals surface area contributed by atoms with Gasteiger partial charge in [-0.25, -0.2) is 4.98 Å². The quantitative estimate of drug-likeness (QED) is 0.648. The Kier molecular flexibility index (Phi) is 2.64. The summed E-state index contributed by atoms with van der Waals surface area (Å²) in [6.45, 7) is 2.84. The van der Waals surface area contributed by atoms with Gasteiger partial charge < -0.3 is 9.64 Å². The topological polar surface area (TPSA) is 67.7 Å². The van der Waals surface area contributed by atoms with Crippen LogP contribution in [0, 0.1) is 4.91 Å². The van der Waals surface area contributed by atoms with Crippen LogP contribution in [-0.2, 0) is 4.74 Å². The summed E-state index contributed by atoms with van der Waals surface area (Å²) in [6, 6.07) is 1.48. The van der Waals surface area contributed by atoms with Crippen LogP contribution in [-0.4, -0.2) is 36.3 Å². The van der Waals surface area contributed by atoms with E-state index in [1.165, 1.54) is 12.3 Å². The van der Waals surface area contributed by atoms with Crippen LogP contribution in [0.4, 0.5) is 11.8 Å². The molecule has 0 unspecified atom stereocenters. The van der Waals surface area contributed by atoms with Gasteiger partial charge in [0.2, 0.25) is 11.8 Å². The highest BCUT2D eigenvalue weighted by atomic mass is 16.5. The van der Waals surface area contributed by atoms with Crippen molar-refractivity contribution in [3.05, 3.63) is 17.2 Å². The Morgan fingerprint density at radius 1 is 1.43 bits per heavy atom. The molecule has 6 heteroatoms. The Bertz CT molecular complexity index is 325. The molecule has 1 aliphatic heterocycles. The molecule has 74 valence electrons. The van der Waals surface area contributed by atoms with Gasteiger partial charge >= 0.3 is 0 Å². The highest BCUT2D eigenvalue weighted by molar-refractivity contribution is 5.37. The second-order valence-electron chi connectivity index (χ2n) is 2.91. The van der Waals surface area contributed by atoms with E-state index in [1.807, 2.05) is 4.90 Å². The monoisotopic (exact) mass is 194 g/mol. The van der Waals surface area contributed by atoms with Gasteiger partial charge in [-0.3, -0.25) is 0 Å². The van der Waals surface area contributed by atoms with E-state index in [0.717, 1.165) is 13.1 Å². The highest BCUT2D eigenvalue weighted by Gasteiger charge is 2.13. The maximum absolute atomic E-state index is 10.3. The number of hydrogen-bond acceptors (Lipinski definition) is 6. The van der Waals surface area contributed by atoms with Crippen molar-refractivity contribution in [2.24, 2.45) is 5.18 Å². The van der Waals surface area contributed by atoms with Gasteiger partial charge in [-0.1, -0.05) is 0 Å². The molecule has 6 nitrogen and oxygen atoms in total.